The van der Waals surface area contributed by atoms with Gasteiger partial charge in [-0.15, -0.1) is 0 Å². The number of rotatable bonds is 2. The fourth-order valence-electron chi connectivity index (χ4n) is 2.14. The normalized spacial score (nSPS) is 14.1. The highest BCUT2D eigenvalue weighted by atomic mass is 79.9. The number of aryl methyl sites for hydroxylation is 1. The SMILES string of the molecule is CCc1cc(N2Cc3ccc(Br)cc3C2)no1. The van der Waals surface area contributed by atoms with Gasteiger partial charge in [0.15, 0.2) is 5.82 Å². The molecule has 1 aromatic carbocycles. The molecule has 1 aliphatic heterocycles. The number of halogens is 1. The zero-order chi connectivity index (χ0) is 11.8. The molecule has 0 saturated heterocycles. The van der Waals surface area contributed by atoms with E-state index in [1.807, 2.05) is 6.07 Å². The van der Waals surface area contributed by atoms with Gasteiger partial charge in [0.05, 0.1) is 0 Å². The van der Waals surface area contributed by atoms with Crippen molar-refractivity contribution in [3.63, 3.8) is 0 Å². The van der Waals surface area contributed by atoms with Crippen LogP contribution in [0.25, 0.3) is 0 Å². The number of aromatic nitrogens is 1. The summed E-state index contributed by atoms with van der Waals surface area (Å²) in [6.45, 7) is 3.89. The zero-order valence-corrected chi connectivity index (χ0v) is 11.2. The Morgan fingerprint density at radius 2 is 2.12 bits per heavy atom. The van der Waals surface area contributed by atoms with Crippen molar-refractivity contribution < 1.29 is 4.52 Å². The first-order valence-corrected chi connectivity index (χ1v) is 6.53. The van der Waals surface area contributed by atoms with Crippen LogP contribution in [0.5, 0.6) is 0 Å². The Labute approximate surface area is 109 Å². The summed E-state index contributed by atoms with van der Waals surface area (Å²) in [6.07, 6.45) is 0.888. The highest BCUT2D eigenvalue weighted by molar-refractivity contribution is 9.10. The lowest BCUT2D eigenvalue weighted by Crippen LogP contribution is -2.14. The van der Waals surface area contributed by atoms with E-state index in [0.29, 0.717) is 0 Å². The van der Waals surface area contributed by atoms with Crippen LogP contribution in [-0.4, -0.2) is 5.16 Å². The quantitative estimate of drug-likeness (QED) is 0.848. The van der Waals surface area contributed by atoms with Gasteiger partial charge in [-0.3, -0.25) is 0 Å². The van der Waals surface area contributed by atoms with Gasteiger partial charge in [0.2, 0.25) is 0 Å². The van der Waals surface area contributed by atoms with Crippen LogP contribution < -0.4 is 4.90 Å². The van der Waals surface area contributed by atoms with Crippen LogP contribution in [0.1, 0.15) is 23.8 Å². The van der Waals surface area contributed by atoms with E-state index in [2.05, 4.69) is 51.1 Å². The third-order valence-electron chi connectivity index (χ3n) is 3.11. The fourth-order valence-corrected chi connectivity index (χ4v) is 2.55. The van der Waals surface area contributed by atoms with E-state index in [0.717, 1.165) is 35.6 Å². The van der Waals surface area contributed by atoms with E-state index in [1.165, 1.54) is 11.1 Å². The Morgan fingerprint density at radius 3 is 2.88 bits per heavy atom. The van der Waals surface area contributed by atoms with E-state index >= 15 is 0 Å². The molecule has 3 nitrogen and oxygen atoms in total. The van der Waals surface area contributed by atoms with Crippen LogP contribution in [0.2, 0.25) is 0 Å². The van der Waals surface area contributed by atoms with Gasteiger partial charge in [-0.1, -0.05) is 34.1 Å². The molecular weight excluding hydrogens is 280 g/mol. The van der Waals surface area contributed by atoms with Gasteiger partial charge in [0.25, 0.3) is 0 Å². The predicted molar refractivity (Wildman–Crippen MR) is 69.9 cm³/mol. The minimum absolute atomic E-state index is 0.888. The van der Waals surface area contributed by atoms with Gasteiger partial charge >= 0.3 is 0 Å². The molecule has 0 N–H and O–H groups in total. The van der Waals surface area contributed by atoms with Crippen molar-refractivity contribution >= 4 is 21.7 Å². The summed E-state index contributed by atoms with van der Waals surface area (Å²) >= 11 is 3.50. The number of benzene rings is 1. The summed E-state index contributed by atoms with van der Waals surface area (Å²) in [4.78, 5) is 2.24. The first kappa shape index (κ1) is 10.8. The summed E-state index contributed by atoms with van der Waals surface area (Å²) in [5.74, 6) is 1.88. The Kier molecular flexibility index (Phi) is 2.67. The van der Waals surface area contributed by atoms with Gasteiger partial charge < -0.3 is 9.42 Å². The minimum Gasteiger partial charge on any atom is -0.359 e. The second kappa shape index (κ2) is 4.18. The van der Waals surface area contributed by atoms with Crippen LogP contribution in [0.4, 0.5) is 5.82 Å². The molecule has 0 saturated carbocycles. The summed E-state index contributed by atoms with van der Waals surface area (Å²) in [5.41, 5.74) is 2.73. The molecule has 1 aliphatic rings. The van der Waals surface area contributed by atoms with Crippen LogP contribution in [0.3, 0.4) is 0 Å². The number of nitrogens with zero attached hydrogens (tertiary/aromatic N) is 2. The van der Waals surface area contributed by atoms with E-state index < -0.39 is 0 Å². The van der Waals surface area contributed by atoms with Gasteiger partial charge in [-0.25, -0.2) is 0 Å². The van der Waals surface area contributed by atoms with E-state index in [-0.39, 0.29) is 0 Å². The van der Waals surface area contributed by atoms with Gasteiger partial charge in [-0.2, -0.15) is 0 Å². The maximum absolute atomic E-state index is 5.25. The molecule has 1 aromatic heterocycles. The lowest BCUT2D eigenvalue weighted by molar-refractivity contribution is 0.386. The average molecular weight is 293 g/mol. The highest BCUT2D eigenvalue weighted by Gasteiger charge is 2.21. The Balaban J connectivity index is 1.86. The maximum atomic E-state index is 5.25. The number of hydrogen-bond acceptors (Lipinski definition) is 3. The molecule has 2 heterocycles. The average Bonchev–Trinajstić information content (AvgIpc) is 2.93. The standard InChI is InChI=1S/C13H13BrN2O/c1-2-12-6-13(15-17-12)16-7-9-3-4-11(14)5-10(9)8-16/h3-6H,2,7-8H2,1H3. The molecular formula is C13H13BrN2O. The summed E-state index contributed by atoms with van der Waals surface area (Å²) in [7, 11) is 0. The summed E-state index contributed by atoms with van der Waals surface area (Å²) in [6, 6.07) is 8.46. The van der Waals surface area contributed by atoms with E-state index in [9.17, 15) is 0 Å². The van der Waals surface area contributed by atoms with Crippen molar-refractivity contribution in [3.05, 3.63) is 45.6 Å². The second-order valence-corrected chi connectivity index (χ2v) is 5.19. The van der Waals surface area contributed by atoms with Gasteiger partial charge in [0, 0.05) is 30.0 Å². The number of fused-ring (bicyclic) bond motifs is 1. The molecule has 0 radical (unpaired) electrons. The minimum atomic E-state index is 0.888. The molecule has 0 spiro atoms. The van der Waals surface area contributed by atoms with Crippen molar-refractivity contribution in [1.82, 2.24) is 5.16 Å². The zero-order valence-electron chi connectivity index (χ0n) is 9.61. The molecule has 0 aliphatic carbocycles. The highest BCUT2D eigenvalue weighted by Crippen LogP contribution is 2.29. The lowest BCUT2D eigenvalue weighted by Gasteiger charge is -2.12. The molecule has 0 fully saturated rings. The smallest absolute Gasteiger partial charge is 0.172 e. The van der Waals surface area contributed by atoms with Crippen LogP contribution in [-0.2, 0) is 19.5 Å². The molecule has 4 heteroatoms. The molecule has 0 atom stereocenters. The molecule has 0 unspecified atom stereocenters. The molecule has 0 bridgehead atoms. The Hall–Kier alpha value is -1.29. The number of anilines is 1. The Morgan fingerprint density at radius 1 is 1.29 bits per heavy atom. The molecule has 88 valence electrons. The Bertz CT molecular complexity index is 550. The van der Waals surface area contributed by atoms with Gasteiger partial charge in [-0.05, 0) is 23.3 Å². The van der Waals surface area contributed by atoms with Crippen molar-refractivity contribution in [2.24, 2.45) is 0 Å². The first-order valence-electron chi connectivity index (χ1n) is 5.74. The van der Waals surface area contributed by atoms with E-state index in [4.69, 9.17) is 4.52 Å². The predicted octanol–water partition coefficient (Wildman–Crippen LogP) is 3.52. The summed E-state index contributed by atoms with van der Waals surface area (Å²) < 4.78 is 6.38. The third-order valence-corrected chi connectivity index (χ3v) is 3.60. The van der Waals surface area contributed by atoms with Gasteiger partial charge in [0.1, 0.15) is 5.76 Å². The molecule has 2 aromatic rings. The second-order valence-electron chi connectivity index (χ2n) is 4.27. The van der Waals surface area contributed by atoms with Crippen molar-refractivity contribution in [3.8, 4) is 0 Å². The largest absolute Gasteiger partial charge is 0.359 e. The van der Waals surface area contributed by atoms with Crippen LogP contribution in [0, 0.1) is 0 Å². The monoisotopic (exact) mass is 292 g/mol. The molecule has 0 amide bonds. The van der Waals surface area contributed by atoms with Crippen LogP contribution in [0.15, 0.2) is 33.3 Å². The molecule has 3 rings (SSSR count). The van der Waals surface area contributed by atoms with E-state index in [1.54, 1.807) is 0 Å². The number of hydrogen-bond donors (Lipinski definition) is 0. The summed E-state index contributed by atoms with van der Waals surface area (Å²) in [5, 5.41) is 4.11. The van der Waals surface area contributed by atoms with Crippen LogP contribution >= 0.6 is 15.9 Å². The topological polar surface area (TPSA) is 29.3 Å². The third kappa shape index (κ3) is 1.97. The van der Waals surface area contributed by atoms with Crippen molar-refractivity contribution in [2.45, 2.75) is 26.4 Å². The molecule has 17 heavy (non-hydrogen) atoms. The maximum Gasteiger partial charge on any atom is 0.172 e. The lowest BCUT2D eigenvalue weighted by atomic mass is 10.1. The van der Waals surface area contributed by atoms with Crippen molar-refractivity contribution in [2.75, 3.05) is 4.90 Å². The first-order chi connectivity index (χ1) is 8.26. The fraction of sp³-hybridized carbons (Fsp3) is 0.308. The van der Waals surface area contributed by atoms with Crippen molar-refractivity contribution in [1.29, 1.82) is 0 Å².